The van der Waals surface area contributed by atoms with Crippen LogP contribution in [0, 0.1) is 0 Å². The Labute approximate surface area is 49.5 Å². The maximum atomic E-state index is 11.1. The second kappa shape index (κ2) is 3.82. The maximum Gasteiger partial charge on any atom is 0.268 e. The molecule has 0 saturated heterocycles. The highest BCUT2D eigenvalue weighted by molar-refractivity contribution is 5.54. The number of halogens is 2. The van der Waals surface area contributed by atoms with Crippen molar-refractivity contribution in [2.45, 2.75) is 0 Å². The van der Waals surface area contributed by atoms with Crippen molar-refractivity contribution in [2.24, 2.45) is 0 Å². The minimum absolute atomic E-state index is 0.329. The Morgan fingerprint density at radius 1 is 1.67 bits per heavy atom. The minimum atomic E-state index is -1.98. The van der Waals surface area contributed by atoms with Gasteiger partial charge in [-0.2, -0.15) is 8.78 Å². The highest BCUT2D eigenvalue weighted by Crippen LogP contribution is 1.94. The van der Waals surface area contributed by atoms with E-state index in [0.29, 0.717) is 6.08 Å². The van der Waals surface area contributed by atoms with Gasteiger partial charge in [-0.25, -0.2) is 0 Å². The first-order valence-electron chi connectivity index (χ1n) is 1.98. The van der Waals surface area contributed by atoms with Crippen molar-refractivity contribution in [3.8, 4) is 0 Å². The first-order valence-corrected chi connectivity index (χ1v) is 1.98. The Balaban J connectivity index is 3.31. The van der Waals surface area contributed by atoms with Crippen molar-refractivity contribution in [3.63, 3.8) is 0 Å². The maximum absolute atomic E-state index is 11.1. The molecule has 0 atom stereocenters. The zero-order chi connectivity index (χ0) is 7.28. The topological polar surface area (TPSA) is 49.4 Å². The molecule has 52 valence electrons. The molecular weight excluding hydrogens is 134 g/mol. The molecule has 0 amide bonds. The van der Waals surface area contributed by atoms with Crippen molar-refractivity contribution >= 4 is 6.16 Å². The number of carbonyl (C=O) groups excluding carboxylic acids is 1. The van der Waals surface area contributed by atoms with E-state index in [-0.39, 0.29) is 0 Å². The van der Waals surface area contributed by atoms with Crippen LogP contribution in [0.5, 0.6) is 0 Å². The molecule has 9 heavy (non-hydrogen) atoms. The Bertz CT molecular complexity index is 128. The van der Waals surface area contributed by atoms with Crippen LogP contribution in [0.25, 0.3) is 0 Å². The number of hydrogen-bond donors (Lipinski definition) is 0. The lowest BCUT2D eigenvalue weighted by atomic mass is 10.7. The van der Waals surface area contributed by atoms with Crippen LogP contribution in [-0.4, -0.2) is 12.8 Å². The number of hydrogen-bond acceptors (Lipinski definition) is 3. The average Bonchev–Trinajstić information content (AvgIpc) is 1.63. The molecule has 0 unspecified atom stereocenters. The van der Waals surface area contributed by atoms with E-state index in [1.54, 1.807) is 0 Å². The second-order valence-electron chi connectivity index (χ2n) is 1.05. The van der Waals surface area contributed by atoms with Crippen LogP contribution in [0.2, 0.25) is 0 Å². The third kappa shape index (κ3) is 6.87. The van der Waals surface area contributed by atoms with E-state index in [1.165, 1.54) is 0 Å². The lowest BCUT2D eigenvalue weighted by molar-refractivity contribution is -0.281. The van der Waals surface area contributed by atoms with Gasteiger partial charge < -0.3 is 14.6 Å². The van der Waals surface area contributed by atoms with Gasteiger partial charge in [-0.15, -0.1) is 0 Å². The fourth-order valence-electron chi connectivity index (χ4n) is 0.173. The Kier molecular flexibility index (Phi) is 3.34. The minimum Gasteiger partial charge on any atom is -0.545 e. The van der Waals surface area contributed by atoms with Crippen molar-refractivity contribution in [3.05, 3.63) is 12.2 Å². The third-order valence-electron chi connectivity index (χ3n) is 0.439. The molecule has 0 bridgehead atoms. The van der Waals surface area contributed by atoms with Gasteiger partial charge in [0, 0.05) is 6.08 Å². The van der Waals surface area contributed by atoms with Crippen LogP contribution in [0.3, 0.4) is 0 Å². The smallest absolute Gasteiger partial charge is 0.268 e. The first kappa shape index (κ1) is 7.87. The molecule has 0 N–H and O–H groups in total. The summed E-state index contributed by atoms with van der Waals surface area (Å²) in [4.78, 5) is 9.37. The normalized spacial score (nSPS) is 8.22. The fraction of sp³-hybridized carbons (Fsp3) is 0.250. The summed E-state index contributed by atoms with van der Waals surface area (Å²) in [5, 5.41) is 9.37. The zero-order valence-electron chi connectivity index (χ0n) is 4.27. The summed E-state index contributed by atoms with van der Waals surface area (Å²) in [6, 6.07) is 0. The molecule has 0 aromatic heterocycles. The summed E-state index contributed by atoms with van der Waals surface area (Å²) < 4.78 is 25.7. The van der Waals surface area contributed by atoms with E-state index < -0.39 is 18.8 Å². The number of rotatable bonds is 2. The molecule has 0 spiro atoms. The van der Waals surface area contributed by atoms with E-state index in [1.807, 2.05) is 0 Å². The lowest BCUT2D eigenvalue weighted by Crippen LogP contribution is -2.23. The van der Waals surface area contributed by atoms with Gasteiger partial charge in [0.2, 0.25) is 0 Å². The molecule has 3 nitrogen and oxygen atoms in total. The summed E-state index contributed by atoms with van der Waals surface area (Å²) in [5.41, 5.74) is 0. The highest BCUT2D eigenvalue weighted by atomic mass is 19.3. The van der Waals surface area contributed by atoms with Gasteiger partial charge in [0.1, 0.15) is 0 Å². The lowest BCUT2D eigenvalue weighted by Gasteiger charge is -2.01. The Hall–Kier alpha value is -1.13. The highest BCUT2D eigenvalue weighted by Gasteiger charge is 1.85. The van der Waals surface area contributed by atoms with Gasteiger partial charge >= 0.3 is 0 Å². The molecule has 0 aliphatic rings. The predicted octanol–water partition coefficient (Wildman–Crippen LogP) is 0.127. The van der Waals surface area contributed by atoms with Gasteiger partial charge in [-0.3, -0.25) is 0 Å². The van der Waals surface area contributed by atoms with Crippen molar-refractivity contribution in [1.82, 2.24) is 0 Å². The molecular formula is C4H3F2O3-. The van der Waals surface area contributed by atoms with Crippen LogP contribution in [-0.2, 0) is 4.74 Å². The van der Waals surface area contributed by atoms with E-state index in [4.69, 9.17) is 0 Å². The molecule has 0 aromatic rings. The van der Waals surface area contributed by atoms with Crippen LogP contribution in [0.15, 0.2) is 12.2 Å². The molecule has 0 fully saturated rings. The Morgan fingerprint density at radius 2 is 2.22 bits per heavy atom. The molecule has 0 heterocycles. The first-order chi connectivity index (χ1) is 4.13. The van der Waals surface area contributed by atoms with Gasteiger partial charge in [-0.05, 0) is 0 Å². The molecule has 0 saturated carbocycles. The third-order valence-corrected chi connectivity index (χ3v) is 0.439. The second-order valence-corrected chi connectivity index (χ2v) is 1.05. The summed E-state index contributed by atoms with van der Waals surface area (Å²) in [6.45, 7) is -0.662. The molecule has 0 aromatic carbocycles. The van der Waals surface area contributed by atoms with Crippen molar-refractivity contribution in [2.75, 3.05) is 6.61 Å². The van der Waals surface area contributed by atoms with E-state index in [0.717, 1.165) is 0 Å². The van der Waals surface area contributed by atoms with Gasteiger partial charge in [-0.1, -0.05) is 0 Å². The van der Waals surface area contributed by atoms with Crippen LogP contribution in [0.1, 0.15) is 0 Å². The summed E-state index contributed by atoms with van der Waals surface area (Å²) in [5.74, 6) is 0. The van der Waals surface area contributed by atoms with Crippen molar-refractivity contribution in [1.29, 1.82) is 0 Å². The van der Waals surface area contributed by atoms with Crippen LogP contribution < -0.4 is 5.11 Å². The molecule has 0 aliphatic carbocycles. The summed E-state index contributed by atoms with van der Waals surface area (Å²) in [6.07, 6.45) is -3.46. The molecule has 5 heteroatoms. The van der Waals surface area contributed by atoms with E-state index in [2.05, 4.69) is 4.74 Å². The van der Waals surface area contributed by atoms with E-state index >= 15 is 0 Å². The molecule has 0 rings (SSSR count). The monoisotopic (exact) mass is 137 g/mol. The average molecular weight is 137 g/mol. The van der Waals surface area contributed by atoms with Gasteiger partial charge in [0.15, 0.2) is 0 Å². The van der Waals surface area contributed by atoms with Gasteiger partial charge in [0.25, 0.3) is 12.2 Å². The largest absolute Gasteiger partial charge is 0.545 e. The van der Waals surface area contributed by atoms with E-state index in [9.17, 15) is 18.7 Å². The number of carboxylic acid groups (broad SMARTS) is 1. The fourth-order valence-corrected chi connectivity index (χ4v) is 0.173. The predicted molar refractivity (Wildman–Crippen MR) is 21.6 cm³/mol. The zero-order valence-corrected chi connectivity index (χ0v) is 4.27. The standard InChI is InChI=1S/C4H4F2O3/c5-3(6)1-2-9-4(7)8/h1H,2H2,(H,7,8)/p-1. The van der Waals surface area contributed by atoms with Gasteiger partial charge in [0.05, 0.1) is 6.61 Å². The quantitative estimate of drug-likeness (QED) is 0.508. The molecule has 0 radical (unpaired) electrons. The summed E-state index contributed by atoms with van der Waals surface area (Å²) >= 11 is 0. The molecule has 0 aliphatic heterocycles. The SMILES string of the molecule is O=C([O-])OCC=C(F)F. The number of carbonyl (C=O) groups is 1. The summed E-state index contributed by atoms with van der Waals surface area (Å²) in [7, 11) is 0. The van der Waals surface area contributed by atoms with Crippen LogP contribution in [0.4, 0.5) is 13.6 Å². The van der Waals surface area contributed by atoms with Crippen LogP contribution >= 0.6 is 0 Å². The Morgan fingerprint density at radius 3 is 2.56 bits per heavy atom. The number of ether oxygens (including phenoxy) is 1. The van der Waals surface area contributed by atoms with Crippen molar-refractivity contribution < 1.29 is 23.4 Å².